The van der Waals surface area contributed by atoms with Gasteiger partial charge in [0.2, 0.25) is 0 Å². The Balaban J connectivity index is 2.10. The van der Waals surface area contributed by atoms with Gasteiger partial charge in [0, 0.05) is 24.8 Å². The second-order valence-electron chi connectivity index (χ2n) is 5.82. The molecule has 3 nitrogen and oxygen atoms in total. The molecule has 1 aliphatic heterocycles. The lowest BCUT2D eigenvalue weighted by atomic mass is 10.0. The van der Waals surface area contributed by atoms with Crippen LogP contribution in [0.25, 0.3) is 0 Å². The second-order valence-corrected chi connectivity index (χ2v) is 5.82. The quantitative estimate of drug-likeness (QED) is 0.834. The van der Waals surface area contributed by atoms with Gasteiger partial charge in [-0.3, -0.25) is 0 Å². The molecule has 0 radical (unpaired) electrons. The lowest BCUT2D eigenvalue weighted by Crippen LogP contribution is -2.56. The molecule has 100 valence electrons. The van der Waals surface area contributed by atoms with Crippen LogP contribution in [0, 0.1) is 0 Å². The predicted molar refractivity (Wildman–Crippen MR) is 76.1 cm³/mol. The zero-order valence-electron chi connectivity index (χ0n) is 11.6. The number of nitrogens with one attached hydrogen (secondary N) is 1. The van der Waals surface area contributed by atoms with Crippen molar-refractivity contribution in [2.45, 2.75) is 38.8 Å². The average Bonchev–Trinajstić information content (AvgIpc) is 2.72. The smallest absolute Gasteiger partial charge is 0.0628 e. The van der Waals surface area contributed by atoms with Crippen molar-refractivity contribution in [1.29, 1.82) is 0 Å². The van der Waals surface area contributed by atoms with Crippen LogP contribution in [0.3, 0.4) is 0 Å². The average molecular weight is 248 g/mol. The van der Waals surface area contributed by atoms with E-state index in [1.807, 2.05) is 0 Å². The van der Waals surface area contributed by atoms with E-state index in [4.69, 9.17) is 0 Å². The third kappa shape index (κ3) is 2.85. The van der Waals surface area contributed by atoms with Crippen LogP contribution < -0.4 is 10.2 Å². The number of benzene rings is 1. The summed E-state index contributed by atoms with van der Waals surface area (Å²) in [7, 11) is 0. The predicted octanol–water partition coefficient (Wildman–Crippen LogP) is 1.80. The first-order valence-electron chi connectivity index (χ1n) is 6.75. The summed E-state index contributed by atoms with van der Waals surface area (Å²) in [6, 6.07) is 8.93. The number of anilines is 1. The molecule has 1 heterocycles. The van der Waals surface area contributed by atoms with E-state index in [2.05, 4.69) is 55.3 Å². The zero-order valence-corrected chi connectivity index (χ0v) is 11.6. The third-order valence-corrected chi connectivity index (χ3v) is 3.51. The van der Waals surface area contributed by atoms with Gasteiger partial charge in [0.25, 0.3) is 0 Å². The fourth-order valence-electron chi connectivity index (χ4n) is 2.83. The van der Waals surface area contributed by atoms with Crippen LogP contribution in [0.2, 0.25) is 0 Å². The van der Waals surface area contributed by atoms with Crippen molar-refractivity contribution >= 4 is 5.69 Å². The van der Waals surface area contributed by atoms with Crippen molar-refractivity contribution in [2.75, 3.05) is 24.6 Å². The minimum Gasteiger partial charge on any atom is -0.394 e. The van der Waals surface area contributed by atoms with Crippen molar-refractivity contribution in [3.8, 4) is 0 Å². The fraction of sp³-hybridized carbons (Fsp3) is 0.600. The Morgan fingerprint density at radius 1 is 1.39 bits per heavy atom. The largest absolute Gasteiger partial charge is 0.394 e. The van der Waals surface area contributed by atoms with E-state index in [0.717, 1.165) is 19.5 Å². The van der Waals surface area contributed by atoms with E-state index in [1.54, 1.807) is 0 Å². The summed E-state index contributed by atoms with van der Waals surface area (Å²) in [5, 5.41) is 13.1. The van der Waals surface area contributed by atoms with Gasteiger partial charge in [-0.2, -0.15) is 0 Å². The number of hydrogen-bond acceptors (Lipinski definition) is 3. The molecule has 0 saturated heterocycles. The molecule has 1 aromatic carbocycles. The lowest BCUT2D eigenvalue weighted by molar-refractivity contribution is 0.169. The minimum absolute atomic E-state index is 0.157. The first-order valence-corrected chi connectivity index (χ1v) is 6.75. The van der Waals surface area contributed by atoms with Crippen molar-refractivity contribution < 1.29 is 5.11 Å². The molecule has 2 N–H and O–H groups in total. The van der Waals surface area contributed by atoms with E-state index in [0.29, 0.717) is 6.04 Å². The molecule has 1 atom stereocenters. The van der Waals surface area contributed by atoms with Gasteiger partial charge in [-0.25, -0.2) is 0 Å². The second kappa shape index (κ2) is 5.29. The van der Waals surface area contributed by atoms with Crippen molar-refractivity contribution in [3.05, 3.63) is 29.8 Å². The molecule has 0 amide bonds. The molecule has 18 heavy (non-hydrogen) atoms. The summed E-state index contributed by atoms with van der Waals surface area (Å²) in [6.45, 7) is 8.38. The molecular formula is C15H24N2O. The van der Waals surface area contributed by atoms with Gasteiger partial charge in [-0.1, -0.05) is 32.0 Å². The normalized spacial score (nSPS) is 17.9. The highest BCUT2D eigenvalue weighted by Gasteiger charge is 2.29. The fourth-order valence-corrected chi connectivity index (χ4v) is 2.83. The maximum Gasteiger partial charge on any atom is 0.0628 e. The molecule has 1 unspecified atom stereocenters. The maximum absolute atomic E-state index is 9.65. The summed E-state index contributed by atoms with van der Waals surface area (Å²) in [5.41, 5.74) is 2.50. The van der Waals surface area contributed by atoms with E-state index in [9.17, 15) is 5.11 Å². The Morgan fingerprint density at radius 2 is 2.11 bits per heavy atom. The standard InChI is InChI=1S/C15H24N2O/c1-12(2)16-15(3,11-18)10-17-9-8-13-6-4-5-7-14(13)17/h4-7,12,16,18H,8-11H2,1-3H3. The summed E-state index contributed by atoms with van der Waals surface area (Å²) in [6.07, 6.45) is 1.11. The molecule has 0 fully saturated rings. The van der Waals surface area contributed by atoms with Crippen LogP contribution in [-0.4, -0.2) is 36.4 Å². The Kier molecular flexibility index (Phi) is 3.93. The molecule has 0 aliphatic carbocycles. The highest BCUT2D eigenvalue weighted by molar-refractivity contribution is 5.58. The third-order valence-electron chi connectivity index (χ3n) is 3.51. The number of aliphatic hydroxyl groups is 1. The Morgan fingerprint density at radius 3 is 2.78 bits per heavy atom. The topological polar surface area (TPSA) is 35.5 Å². The molecular weight excluding hydrogens is 224 g/mol. The van der Waals surface area contributed by atoms with Crippen LogP contribution in [-0.2, 0) is 6.42 Å². The van der Waals surface area contributed by atoms with Crippen molar-refractivity contribution in [1.82, 2.24) is 5.32 Å². The van der Waals surface area contributed by atoms with E-state index in [1.165, 1.54) is 11.3 Å². The highest BCUT2D eigenvalue weighted by Crippen LogP contribution is 2.28. The monoisotopic (exact) mass is 248 g/mol. The van der Waals surface area contributed by atoms with E-state index >= 15 is 0 Å². The Hall–Kier alpha value is -1.06. The molecule has 1 aromatic rings. The van der Waals surface area contributed by atoms with Gasteiger partial charge in [0.15, 0.2) is 0 Å². The van der Waals surface area contributed by atoms with Gasteiger partial charge >= 0.3 is 0 Å². The molecule has 0 aromatic heterocycles. The molecule has 0 spiro atoms. The van der Waals surface area contributed by atoms with Gasteiger partial charge in [0.1, 0.15) is 0 Å². The number of aliphatic hydroxyl groups excluding tert-OH is 1. The van der Waals surface area contributed by atoms with Crippen molar-refractivity contribution in [3.63, 3.8) is 0 Å². The van der Waals surface area contributed by atoms with Gasteiger partial charge < -0.3 is 15.3 Å². The summed E-state index contributed by atoms with van der Waals surface area (Å²) in [4.78, 5) is 2.38. The first kappa shape index (κ1) is 13.4. The van der Waals surface area contributed by atoms with Gasteiger partial charge in [-0.15, -0.1) is 0 Å². The van der Waals surface area contributed by atoms with Crippen LogP contribution in [0.4, 0.5) is 5.69 Å². The Labute approximate surface area is 110 Å². The molecule has 2 rings (SSSR count). The van der Waals surface area contributed by atoms with E-state index in [-0.39, 0.29) is 12.1 Å². The van der Waals surface area contributed by atoms with E-state index < -0.39 is 0 Å². The number of hydrogen-bond donors (Lipinski definition) is 2. The summed E-state index contributed by atoms with van der Waals surface area (Å²) in [5.74, 6) is 0. The molecule has 3 heteroatoms. The molecule has 0 bridgehead atoms. The number of fused-ring (bicyclic) bond motifs is 1. The summed E-state index contributed by atoms with van der Waals surface area (Å²) >= 11 is 0. The number of nitrogens with zero attached hydrogens (tertiary/aromatic N) is 1. The van der Waals surface area contributed by atoms with Gasteiger partial charge in [-0.05, 0) is 25.0 Å². The van der Waals surface area contributed by atoms with Crippen LogP contribution >= 0.6 is 0 Å². The number of rotatable bonds is 5. The maximum atomic E-state index is 9.65. The van der Waals surface area contributed by atoms with Gasteiger partial charge in [0.05, 0.1) is 12.1 Å². The van der Waals surface area contributed by atoms with Crippen molar-refractivity contribution in [2.24, 2.45) is 0 Å². The zero-order chi connectivity index (χ0) is 13.2. The first-order chi connectivity index (χ1) is 8.54. The molecule has 1 aliphatic rings. The highest BCUT2D eigenvalue weighted by atomic mass is 16.3. The SMILES string of the molecule is CC(C)NC(C)(CO)CN1CCc2ccccc21. The van der Waals surface area contributed by atoms with Crippen LogP contribution in [0.15, 0.2) is 24.3 Å². The van der Waals surface area contributed by atoms with Crippen LogP contribution in [0.5, 0.6) is 0 Å². The lowest BCUT2D eigenvalue weighted by Gasteiger charge is -2.36. The molecule has 0 saturated carbocycles. The summed E-state index contributed by atoms with van der Waals surface area (Å²) < 4.78 is 0. The minimum atomic E-state index is -0.244. The Bertz CT molecular complexity index is 405. The van der Waals surface area contributed by atoms with Crippen LogP contribution in [0.1, 0.15) is 26.3 Å². The number of para-hydroxylation sites is 1.